The number of furan rings is 1. The highest BCUT2D eigenvalue weighted by Gasteiger charge is 2.13. The quantitative estimate of drug-likeness (QED) is 0.585. The van der Waals surface area contributed by atoms with E-state index >= 15 is 0 Å². The van der Waals surface area contributed by atoms with Crippen LogP contribution in [0.25, 0.3) is 0 Å². The monoisotopic (exact) mass is 171 g/mol. The second-order valence-electron chi connectivity index (χ2n) is 2.36. The lowest BCUT2D eigenvalue weighted by molar-refractivity contribution is 0.0656. The van der Waals surface area contributed by atoms with E-state index in [0.717, 1.165) is 0 Å². The van der Waals surface area contributed by atoms with Crippen molar-refractivity contribution in [2.75, 3.05) is 0 Å². The third kappa shape index (κ3) is 1.63. The van der Waals surface area contributed by atoms with Gasteiger partial charge in [-0.1, -0.05) is 0 Å². The minimum atomic E-state index is -1.10. The molecule has 0 amide bonds. The molecule has 3 N–H and O–H groups in total. The third-order valence-corrected chi connectivity index (χ3v) is 1.42. The fourth-order valence-corrected chi connectivity index (χ4v) is 0.925. The summed E-state index contributed by atoms with van der Waals surface area (Å²) in [4.78, 5) is 10.5. The highest BCUT2D eigenvalue weighted by molar-refractivity contribution is 5.86. The molecule has 0 aliphatic heterocycles. The molecule has 0 saturated heterocycles. The summed E-state index contributed by atoms with van der Waals surface area (Å²) in [7, 11) is 0. The van der Waals surface area contributed by atoms with E-state index in [2.05, 4.69) is 0 Å². The maximum absolute atomic E-state index is 10.5. The van der Waals surface area contributed by atoms with E-state index in [4.69, 9.17) is 14.7 Å². The number of hydroxylamine groups is 1. The molecule has 5 heteroatoms. The zero-order valence-corrected chi connectivity index (χ0v) is 6.50. The van der Waals surface area contributed by atoms with Gasteiger partial charge in [0.15, 0.2) is 0 Å². The average Bonchev–Trinajstić information content (AvgIpc) is 2.32. The van der Waals surface area contributed by atoms with Crippen LogP contribution in [0.3, 0.4) is 0 Å². The largest absolute Gasteiger partial charge is 0.475 e. The topological polar surface area (TPSA) is 82.7 Å². The predicted octanol–water partition coefficient (Wildman–Crippen LogP) is 0.765. The number of carbonyl (C=O) groups is 1. The van der Waals surface area contributed by atoms with Crippen molar-refractivity contribution in [1.29, 1.82) is 0 Å². The smallest absolute Gasteiger partial charge is 0.372 e. The Labute approximate surface area is 68.6 Å². The number of carboxylic acid groups (broad SMARTS) is 1. The number of carboxylic acids is 1. The van der Waals surface area contributed by atoms with Crippen molar-refractivity contribution >= 4 is 5.97 Å². The zero-order chi connectivity index (χ0) is 9.14. The molecule has 0 unspecified atom stereocenters. The van der Waals surface area contributed by atoms with E-state index in [9.17, 15) is 4.79 Å². The van der Waals surface area contributed by atoms with Gasteiger partial charge in [-0.3, -0.25) is 0 Å². The van der Waals surface area contributed by atoms with Gasteiger partial charge < -0.3 is 14.7 Å². The maximum atomic E-state index is 10.5. The summed E-state index contributed by atoms with van der Waals surface area (Å²) in [6, 6.07) is 1.56. The standard InChI is InChI=1S/C7H9NO4/c1-4-2-5(3-8-11)12-6(4)7(9)10/h2,8,11H,3H2,1H3,(H,9,10). The average molecular weight is 171 g/mol. The second kappa shape index (κ2) is 3.38. The summed E-state index contributed by atoms with van der Waals surface area (Å²) in [5.41, 5.74) is 2.43. The molecule has 12 heavy (non-hydrogen) atoms. The molecule has 0 aliphatic carbocycles. The van der Waals surface area contributed by atoms with Crippen LogP contribution in [0.5, 0.6) is 0 Å². The number of aryl methyl sites for hydroxylation is 1. The van der Waals surface area contributed by atoms with Gasteiger partial charge in [0.1, 0.15) is 5.76 Å². The van der Waals surface area contributed by atoms with E-state index in [0.29, 0.717) is 11.3 Å². The molecule has 0 fully saturated rings. The Balaban J connectivity index is 2.92. The fraction of sp³-hybridized carbons (Fsp3) is 0.286. The molecule has 0 bridgehead atoms. The molecule has 1 aromatic heterocycles. The van der Waals surface area contributed by atoms with Crippen molar-refractivity contribution in [1.82, 2.24) is 5.48 Å². The summed E-state index contributed by atoms with van der Waals surface area (Å²) in [6.07, 6.45) is 0. The van der Waals surface area contributed by atoms with Gasteiger partial charge in [-0.05, 0) is 13.0 Å². The molecule has 0 saturated carbocycles. The molecule has 0 spiro atoms. The van der Waals surface area contributed by atoms with E-state index in [1.54, 1.807) is 13.0 Å². The molecular formula is C7H9NO4. The number of hydrogen-bond donors (Lipinski definition) is 3. The minimum Gasteiger partial charge on any atom is -0.475 e. The minimum absolute atomic E-state index is 0.0831. The van der Waals surface area contributed by atoms with E-state index in [-0.39, 0.29) is 12.3 Å². The first-order chi connectivity index (χ1) is 5.65. The van der Waals surface area contributed by atoms with Crippen LogP contribution in [0, 0.1) is 6.92 Å². The molecule has 1 rings (SSSR count). The van der Waals surface area contributed by atoms with Crippen molar-refractivity contribution in [2.24, 2.45) is 0 Å². The van der Waals surface area contributed by atoms with Gasteiger partial charge in [0.25, 0.3) is 0 Å². The highest BCUT2D eigenvalue weighted by atomic mass is 16.5. The lowest BCUT2D eigenvalue weighted by Gasteiger charge is -1.90. The predicted molar refractivity (Wildman–Crippen MR) is 39.0 cm³/mol. The maximum Gasteiger partial charge on any atom is 0.372 e. The zero-order valence-electron chi connectivity index (χ0n) is 6.50. The first kappa shape index (κ1) is 8.76. The van der Waals surface area contributed by atoms with Crippen LogP contribution in [0.15, 0.2) is 10.5 Å². The molecule has 0 aromatic carbocycles. The first-order valence-corrected chi connectivity index (χ1v) is 3.34. The number of aromatic carboxylic acids is 1. The normalized spacial score (nSPS) is 10.2. The Morgan fingerprint density at radius 1 is 1.75 bits per heavy atom. The van der Waals surface area contributed by atoms with Crippen molar-refractivity contribution in [3.8, 4) is 0 Å². The molecule has 1 heterocycles. The highest BCUT2D eigenvalue weighted by Crippen LogP contribution is 2.13. The van der Waals surface area contributed by atoms with Crippen molar-refractivity contribution in [3.63, 3.8) is 0 Å². The number of hydrogen-bond acceptors (Lipinski definition) is 4. The van der Waals surface area contributed by atoms with Crippen molar-refractivity contribution in [3.05, 3.63) is 23.2 Å². The summed E-state index contributed by atoms with van der Waals surface area (Å²) in [5.74, 6) is -0.788. The Hall–Kier alpha value is -1.33. The van der Waals surface area contributed by atoms with Gasteiger partial charge in [0.05, 0.1) is 6.54 Å². The molecule has 5 nitrogen and oxygen atoms in total. The molecule has 0 atom stereocenters. The lowest BCUT2D eigenvalue weighted by Crippen LogP contribution is -2.04. The fourth-order valence-electron chi connectivity index (χ4n) is 0.925. The van der Waals surface area contributed by atoms with E-state index < -0.39 is 5.97 Å². The Morgan fingerprint density at radius 3 is 2.83 bits per heavy atom. The Morgan fingerprint density at radius 2 is 2.42 bits per heavy atom. The summed E-state index contributed by atoms with van der Waals surface area (Å²) in [6.45, 7) is 1.74. The van der Waals surface area contributed by atoms with Gasteiger partial charge in [-0.25, -0.2) is 4.79 Å². The first-order valence-electron chi connectivity index (χ1n) is 3.34. The van der Waals surface area contributed by atoms with Crippen LogP contribution >= 0.6 is 0 Å². The van der Waals surface area contributed by atoms with Crippen LogP contribution in [-0.2, 0) is 6.54 Å². The summed E-state index contributed by atoms with van der Waals surface area (Å²) in [5, 5.41) is 16.9. The summed E-state index contributed by atoms with van der Waals surface area (Å²) < 4.78 is 4.89. The Kier molecular flexibility index (Phi) is 2.47. The van der Waals surface area contributed by atoms with Crippen molar-refractivity contribution in [2.45, 2.75) is 13.5 Å². The Bertz CT molecular complexity index is 292. The number of rotatable bonds is 3. The van der Waals surface area contributed by atoms with Gasteiger partial charge >= 0.3 is 5.97 Å². The molecular weight excluding hydrogens is 162 g/mol. The van der Waals surface area contributed by atoms with Gasteiger partial charge in [-0.15, -0.1) is 0 Å². The van der Waals surface area contributed by atoms with Crippen LogP contribution in [-0.4, -0.2) is 16.3 Å². The summed E-state index contributed by atoms with van der Waals surface area (Å²) >= 11 is 0. The molecule has 66 valence electrons. The SMILES string of the molecule is Cc1cc(CNO)oc1C(=O)O. The third-order valence-electron chi connectivity index (χ3n) is 1.42. The molecule has 0 aliphatic rings. The van der Waals surface area contributed by atoms with Crippen LogP contribution in [0.2, 0.25) is 0 Å². The van der Waals surface area contributed by atoms with Crippen molar-refractivity contribution < 1.29 is 19.5 Å². The van der Waals surface area contributed by atoms with Gasteiger partial charge in [0, 0.05) is 5.56 Å². The number of nitrogens with one attached hydrogen (secondary N) is 1. The van der Waals surface area contributed by atoms with Crippen LogP contribution < -0.4 is 5.48 Å². The van der Waals surface area contributed by atoms with Gasteiger partial charge in [-0.2, -0.15) is 5.48 Å². The van der Waals surface area contributed by atoms with Crippen LogP contribution in [0.4, 0.5) is 0 Å². The molecule has 1 aromatic rings. The van der Waals surface area contributed by atoms with Crippen LogP contribution in [0.1, 0.15) is 21.9 Å². The van der Waals surface area contributed by atoms with E-state index in [1.807, 2.05) is 5.48 Å². The van der Waals surface area contributed by atoms with E-state index in [1.165, 1.54) is 0 Å². The lowest BCUT2D eigenvalue weighted by atomic mass is 10.2. The molecule has 0 radical (unpaired) electrons. The second-order valence-corrected chi connectivity index (χ2v) is 2.36. The van der Waals surface area contributed by atoms with Gasteiger partial charge in [0.2, 0.25) is 5.76 Å².